The molecule has 1 heterocycles. The average Bonchev–Trinajstić information content (AvgIpc) is 2.65. The Balaban J connectivity index is 2.33. The summed E-state index contributed by atoms with van der Waals surface area (Å²) < 4.78 is 0.895. The highest BCUT2D eigenvalue weighted by molar-refractivity contribution is 9.10. The zero-order chi connectivity index (χ0) is 12.0. The van der Waals surface area contributed by atoms with Crippen LogP contribution in [0.5, 0.6) is 0 Å². The van der Waals surface area contributed by atoms with Crippen molar-refractivity contribution >= 4 is 33.6 Å². The molecule has 5 heteroatoms. The third-order valence-corrected chi connectivity index (χ3v) is 3.56. The number of nitrogens with one attached hydrogen (secondary N) is 2. The smallest absolute Gasteiger partial charge is 0.267 e. The summed E-state index contributed by atoms with van der Waals surface area (Å²) in [6.45, 7) is 4.18. The molecule has 0 radical (unpaired) electrons. The molecule has 0 aromatic carbocycles. The first-order valence-electron chi connectivity index (χ1n) is 5.36. The highest BCUT2D eigenvalue weighted by atomic mass is 79.9. The minimum atomic E-state index is -0.0419. The summed E-state index contributed by atoms with van der Waals surface area (Å²) in [5.41, 5.74) is 0.599. The Hall–Kier alpha value is -0.420. The molecular formula is C11H17BrN2OS. The van der Waals surface area contributed by atoms with Crippen molar-refractivity contribution < 1.29 is 4.79 Å². The van der Waals surface area contributed by atoms with Crippen molar-refractivity contribution in [3.8, 4) is 0 Å². The van der Waals surface area contributed by atoms with Gasteiger partial charge in [-0.3, -0.25) is 4.79 Å². The molecule has 0 bridgehead atoms. The number of aromatic nitrogens is 1. The molecule has 0 fully saturated rings. The van der Waals surface area contributed by atoms with Crippen LogP contribution in [0.2, 0.25) is 0 Å². The first-order chi connectivity index (χ1) is 7.63. The van der Waals surface area contributed by atoms with Crippen LogP contribution in [0.1, 0.15) is 30.8 Å². The number of carbonyl (C=O) groups is 1. The molecule has 0 spiro atoms. The molecule has 3 nitrogen and oxygen atoms in total. The molecule has 0 saturated heterocycles. The maximum absolute atomic E-state index is 11.7. The lowest BCUT2D eigenvalue weighted by atomic mass is 10.2. The number of thioether (sulfide) groups is 1. The van der Waals surface area contributed by atoms with Crippen LogP contribution in [0.4, 0.5) is 0 Å². The Morgan fingerprint density at radius 1 is 1.69 bits per heavy atom. The number of carbonyl (C=O) groups excluding carboxylic acids is 1. The highest BCUT2D eigenvalue weighted by Crippen LogP contribution is 2.11. The van der Waals surface area contributed by atoms with E-state index in [1.54, 1.807) is 12.3 Å². The summed E-state index contributed by atoms with van der Waals surface area (Å²) in [5, 5.41) is 2.96. The van der Waals surface area contributed by atoms with E-state index >= 15 is 0 Å². The number of hydrogen-bond donors (Lipinski definition) is 2. The van der Waals surface area contributed by atoms with Gasteiger partial charge in [0.2, 0.25) is 0 Å². The Bertz CT molecular complexity index is 340. The zero-order valence-corrected chi connectivity index (χ0v) is 12.0. The molecule has 0 saturated carbocycles. The lowest BCUT2D eigenvalue weighted by molar-refractivity contribution is 0.0935. The minimum absolute atomic E-state index is 0.0419. The van der Waals surface area contributed by atoms with Gasteiger partial charge in [-0.05, 0) is 46.8 Å². The second-order valence-electron chi connectivity index (χ2n) is 3.59. The van der Waals surface area contributed by atoms with Crippen LogP contribution >= 0.6 is 27.7 Å². The zero-order valence-electron chi connectivity index (χ0n) is 9.55. The number of H-pyrrole nitrogens is 1. The molecule has 1 atom stereocenters. The van der Waals surface area contributed by atoms with Crippen molar-refractivity contribution in [2.75, 3.05) is 11.5 Å². The summed E-state index contributed by atoms with van der Waals surface area (Å²) in [6.07, 6.45) is 2.76. The lowest BCUT2D eigenvalue weighted by Crippen LogP contribution is -2.33. The summed E-state index contributed by atoms with van der Waals surface area (Å²) in [6, 6.07) is 2.00. The number of rotatable bonds is 6. The summed E-state index contributed by atoms with van der Waals surface area (Å²) >= 11 is 5.20. The van der Waals surface area contributed by atoms with E-state index in [9.17, 15) is 4.79 Å². The molecular weight excluding hydrogens is 288 g/mol. The molecule has 2 N–H and O–H groups in total. The topological polar surface area (TPSA) is 44.9 Å². The number of amides is 1. The van der Waals surface area contributed by atoms with Gasteiger partial charge in [0.1, 0.15) is 5.69 Å². The SMILES string of the molecule is CCSCCC(C)NC(=O)c1cc(Br)c[nH]1. The monoisotopic (exact) mass is 304 g/mol. The fraction of sp³-hybridized carbons (Fsp3) is 0.545. The van der Waals surface area contributed by atoms with E-state index < -0.39 is 0 Å². The third-order valence-electron chi connectivity index (χ3n) is 2.17. The molecule has 1 aromatic rings. The molecule has 0 aliphatic rings. The van der Waals surface area contributed by atoms with E-state index in [2.05, 4.69) is 33.2 Å². The molecule has 90 valence electrons. The number of hydrogen-bond acceptors (Lipinski definition) is 2. The highest BCUT2D eigenvalue weighted by Gasteiger charge is 2.10. The molecule has 1 rings (SSSR count). The van der Waals surface area contributed by atoms with E-state index in [4.69, 9.17) is 0 Å². The van der Waals surface area contributed by atoms with Crippen molar-refractivity contribution in [2.45, 2.75) is 26.3 Å². The van der Waals surface area contributed by atoms with Crippen molar-refractivity contribution in [2.24, 2.45) is 0 Å². The van der Waals surface area contributed by atoms with Gasteiger partial charge in [0.15, 0.2) is 0 Å². The molecule has 0 aliphatic heterocycles. The van der Waals surface area contributed by atoms with Crippen molar-refractivity contribution in [3.63, 3.8) is 0 Å². The Morgan fingerprint density at radius 3 is 3.00 bits per heavy atom. The predicted octanol–water partition coefficient (Wildman–Crippen LogP) is 3.04. The quantitative estimate of drug-likeness (QED) is 0.794. The van der Waals surface area contributed by atoms with Gasteiger partial charge in [-0.25, -0.2) is 0 Å². The van der Waals surface area contributed by atoms with Crippen LogP contribution in [0.25, 0.3) is 0 Å². The van der Waals surface area contributed by atoms with Gasteiger partial charge in [0, 0.05) is 16.7 Å². The van der Waals surface area contributed by atoms with Crippen molar-refractivity contribution in [1.82, 2.24) is 10.3 Å². The molecule has 16 heavy (non-hydrogen) atoms. The van der Waals surface area contributed by atoms with Crippen molar-refractivity contribution in [1.29, 1.82) is 0 Å². The second kappa shape index (κ2) is 7.01. The molecule has 1 unspecified atom stereocenters. The fourth-order valence-electron chi connectivity index (χ4n) is 1.28. The van der Waals surface area contributed by atoms with Crippen LogP contribution in [0.15, 0.2) is 16.7 Å². The van der Waals surface area contributed by atoms with Gasteiger partial charge in [-0.2, -0.15) is 11.8 Å². The van der Waals surface area contributed by atoms with E-state index in [1.807, 2.05) is 18.7 Å². The summed E-state index contributed by atoms with van der Waals surface area (Å²) in [4.78, 5) is 14.6. The Morgan fingerprint density at radius 2 is 2.44 bits per heavy atom. The van der Waals surface area contributed by atoms with E-state index in [1.165, 1.54) is 0 Å². The van der Waals surface area contributed by atoms with Crippen molar-refractivity contribution in [3.05, 3.63) is 22.4 Å². The van der Waals surface area contributed by atoms with E-state index in [0.717, 1.165) is 22.4 Å². The van der Waals surface area contributed by atoms with Crippen LogP contribution in [0, 0.1) is 0 Å². The third kappa shape index (κ3) is 4.61. The Kier molecular flexibility index (Phi) is 5.98. The number of aromatic amines is 1. The van der Waals surface area contributed by atoms with Crippen LogP contribution in [-0.4, -0.2) is 28.4 Å². The maximum atomic E-state index is 11.7. The largest absolute Gasteiger partial charge is 0.356 e. The number of halogens is 1. The summed E-state index contributed by atoms with van der Waals surface area (Å²) in [7, 11) is 0. The van der Waals surface area contributed by atoms with Gasteiger partial charge in [0.25, 0.3) is 5.91 Å². The van der Waals surface area contributed by atoms with Crippen LogP contribution in [0.3, 0.4) is 0 Å². The molecule has 1 aromatic heterocycles. The standard InChI is InChI=1S/C11H17BrN2OS/c1-3-16-5-4-8(2)14-11(15)10-6-9(12)7-13-10/h6-8,13H,3-5H2,1-2H3,(H,14,15). The second-order valence-corrected chi connectivity index (χ2v) is 5.90. The van der Waals surface area contributed by atoms with E-state index in [-0.39, 0.29) is 11.9 Å². The van der Waals surface area contributed by atoms with Crippen LogP contribution < -0.4 is 5.32 Å². The van der Waals surface area contributed by atoms with Gasteiger partial charge < -0.3 is 10.3 Å². The van der Waals surface area contributed by atoms with Gasteiger partial charge in [-0.1, -0.05) is 6.92 Å². The molecule has 1 amide bonds. The Labute approximate surface area is 109 Å². The normalized spacial score (nSPS) is 12.4. The predicted molar refractivity (Wildman–Crippen MR) is 73.0 cm³/mol. The first-order valence-corrected chi connectivity index (χ1v) is 7.30. The van der Waals surface area contributed by atoms with E-state index in [0.29, 0.717) is 5.69 Å². The lowest BCUT2D eigenvalue weighted by Gasteiger charge is -2.12. The minimum Gasteiger partial charge on any atom is -0.356 e. The van der Waals surface area contributed by atoms with Crippen LogP contribution in [-0.2, 0) is 0 Å². The maximum Gasteiger partial charge on any atom is 0.267 e. The van der Waals surface area contributed by atoms with Gasteiger partial charge in [0.05, 0.1) is 0 Å². The summed E-state index contributed by atoms with van der Waals surface area (Å²) in [5.74, 6) is 2.18. The first kappa shape index (κ1) is 13.6. The molecule has 0 aliphatic carbocycles. The fourth-order valence-corrected chi connectivity index (χ4v) is 2.43. The van der Waals surface area contributed by atoms with Gasteiger partial charge in [-0.15, -0.1) is 0 Å². The average molecular weight is 305 g/mol. The van der Waals surface area contributed by atoms with Gasteiger partial charge >= 0.3 is 0 Å².